The Bertz CT molecular complexity index is 708. The van der Waals surface area contributed by atoms with Crippen LogP contribution in [0.25, 0.3) is 0 Å². The first-order valence-corrected chi connectivity index (χ1v) is 10.9. The van der Waals surface area contributed by atoms with Crippen molar-refractivity contribution in [1.29, 1.82) is 0 Å². The molecular formula is C21H33N3O9. The number of aliphatic carboxylic acids is 1. The van der Waals surface area contributed by atoms with Crippen LogP contribution in [0.5, 0.6) is 0 Å². The second-order valence-electron chi connectivity index (χ2n) is 7.84. The van der Waals surface area contributed by atoms with Gasteiger partial charge >= 0.3 is 5.97 Å². The lowest BCUT2D eigenvalue weighted by Gasteiger charge is -2.16. The maximum atomic E-state index is 12.0. The number of rotatable bonds is 17. The third-order valence-corrected chi connectivity index (χ3v) is 5.06. The largest absolute Gasteiger partial charge is 0.480 e. The van der Waals surface area contributed by atoms with Crippen LogP contribution >= 0.6 is 0 Å². The monoisotopic (exact) mass is 471 g/mol. The average Bonchev–Trinajstić information content (AvgIpc) is 3.10. The zero-order chi connectivity index (χ0) is 24.8. The van der Waals surface area contributed by atoms with Gasteiger partial charge in [0.05, 0.1) is 18.8 Å². The molecule has 0 unspecified atom stereocenters. The van der Waals surface area contributed by atoms with Gasteiger partial charge < -0.3 is 31.1 Å². The summed E-state index contributed by atoms with van der Waals surface area (Å²) < 4.78 is 0. The third kappa shape index (κ3) is 11.6. The van der Waals surface area contributed by atoms with Crippen LogP contribution in [0.4, 0.5) is 0 Å². The molecule has 0 aromatic heterocycles. The first-order chi connectivity index (χ1) is 15.6. The number of nitrogens with one attached hydrogen (secondary N) is 2. The molecule has 12 heteroatoms. The van der Waals surface area contributed by atoms with Crippen molar-refractivity contribution in [2.45, 2.75) is 69.6 Å². The van der Waals surface area contributed by atoms with E-state index in [2.05, 4.69) is 10.6 Å². The fraction of sp³-hybridized carbons (Fsp3) is 0.667. The van der Waals surface area contributed by atoms with E-state index in [0.29, 0.717) is 19.3 Å². The van der Waals surface area contributed by atoms with Crippen molar-refractivity contribution in [3.63, 3.8) is 0 Å². The Morgan fingerprint density at radius 2 is 1.52 bits per heavy atom. The lowest BCUT2D eigenvalue weighted by molar-refractivity contribution is -0.142. The van der Waals surface area contributed by atoms with Crippen molar-refractivity contribution >= 4 is 29.6 Å². The molecule has 0 saturated carbocycles. The SMILES string of the molecule is O=C(CC[C@H](NC(=O)CCCCCN1C(=O)C=CC1=O)C(=O)O)NC[C@H](O)CC[C@H](O)CO. The van der Waals surface area contributed by atoms with E-state index in [1.54, 1.807) is 0 Å². The Labute approximate surface area is 191 Å². The number of aliphatic hydroxyl groups is 3. The predicted octanol–water partition coefficient (Wildman–Crippen LogP) is -1.57. The maximum Gasteiger partial charge on any atom is 0.326 e. The van der Waals surface area contributed by atoms with Crippen molar-refractivity contribution in [3.8, 4) is 0 Å². The molecule has 0 fully saturated rings. The fourth-order valence-corrected chi connectivity index (χ4v) is 3.08. The molecule has 1 aliphatic rings. The van der Waals surface area contributed by atoms with Gasteiger partial charge in [0, 0.05) is 38.1 Å². The van der Waals surface area contributed by atoms with Crippen molar-refractivity contribution in [1.82, 2.24) is 15.5 Å². The number of imide groups is 1. The molecule has 1 heterocycles. The summed E-state index contributed by atoms with van der Waals surface area (Å²) in [5, 5.41) is 41.8. The zero-order valence-corrected chi connectivity index (χ0v) is 18.4. The maximum absolute atomic E-state index is 12.0. The second-order valence-corrected chi connectivity index (χ2v) is 7.84. The molecule has 1 aliphatic heterocycles. The number of hydrogen-bond acceptors (Lipinski definition) is 8. The highest BCUT2D eigenvalue weighted by atomic mass is 16.4. The smallest absolute Gasteiger partial charge is 0.326 e. The van der Waals surface area contributed by atoms with Crippen molar-refractivity contribution in [2.75, 3.05) is 19.7 Å². The lowest BCUT2D eigenvalue weighted by atomic mass is 10.1. The van der Waals surface area contributed by atoms with Crippen LogP contribution in [0.3, 0.4) is 0 Å². The van der Waals surface area contributed by atoms with E-state index in [4.69, 9.17) is 5.11 Å². The Morgan fingerprint density at radius 1 is 0.879 bits per heavy atom. The van der Waals surface area contributed by atoms with E-state index in [1.165, 1.54) is 12.2 Å². The minimum absolute atomic E-state index is 0.0714. The van der Waals surface area contributed by atoms with Gasteiger partial charge in [-0.3, -0.25) is 24.1 Å². The third-order valence-electron chi connectivity index (χ3n) is 5.06. The minimum Gasteiger partial charge on any atom is -0.480 e. The van der Waals surface area contributed by atoms with Crippen molar-refractivity contribution in [3.05, 3.63) is 12.2 Å². The van der Waals surface area contributed by atoms with Gasteiger partial charge in [-0.1, -0.05) is 6.42 Å². The standard InChI is InChI=1S/C21H33N3O9/c25-13-15(27)6-5-14(26)12-22-17(28)8-7-16(21(32)33)23-18(29)4-2-1-3-11-24-19(30)9-10-20(24)31/h9-10,14-16,25-27H,1-8,11-13H2,(H,22,28)(H,23,29)(H,32,33)/t14-,15+,16+/m1/s1. The number of hydrogen-bond donors (Lipinski definition) is 6. The molecule has 33 heavy (non-hydrogen) atoms. The van der Waals surface area contributed by atoms with Crippen molar-refractivity contribution in [2.24, 2.45) is 0 Å². The van der Waals surface area contributed by atoms with E-state index in [9.17, 15) is 39.3 Å². The predicted molar refractivity (Wildman–Crippen MR) is 114 cm³/mol. The normalized spacial score (nSPS) is 15.9. The summed E-state index contributed by atoms with van der Waals surface area (Å²) >= 11 is 0. The molecule has 0 spiro atoms. The second kappa shape index (κ2) is 15.1. The number of aliphatic hydroxyl groups excluding tert-OH is 3. The Morgan fingerprint density at radius 3 is 2.12 bits per heavy atom. The first kappa shape index (κ1) is 28.2. The molecule has 1 rings (SSSR count). The molecule has 0 saturated heterocycles. The van der Waals surface area contributed by atoms with Gasteiger partial charge in [0.15, 0.2) is 0 Å². The van der Waals surface area contributed by atoms with Gasteiger partial charge in [0.25, 0.3) is 11.8 Å². The zero-order valence-electron chi connectivity index (χ0n) is 18.4. The molecule has 12 nitrogen and oxygen atoms in total. The Balaban J connectivity index is 2.22. The molecule has 0 bridgehead atoms. The van der Waals surface area contributed by atoms with Crippen molar-refractivity contribution < 1.29 is 44.4 Å². The fourth-order valence-electron chi connectivity index (χ4n) is 3.08. The van der Waals surface area contributed by atoms with E-state index in [0.717, 1.165) is 4.90 Å². The first-order valence-electron chi connectivity index (χ1n) is 10.9. The van der Waals surface area contributed by atoms with Gasteiger partial charge in [0.2, 0.25) is 11.8 Å². The lowest BCUT2D eigenvalue weighted by Crippen LogP contribution is -2.42. The minimum atomic E-state index is -1.27. The molecule has 3 atom stereocenters. The summed E-state index contributed by atoms with van der Waals surface area (Å²) in [5.74, 6) is -2.96. The summed E-state index contributed by atoms with van der Waals surface area (Å²) in [6, 6.07) is -1.24. The molecular weight excluding hydrogens is 438 g/mol. The molecule has 0 aliphatic carbocycles. The van der Waals surface area contributed by atoms with E-state index < -0.39 is 42.6 Å². The Hall–Kier alpha value is -2.83. The quantitative estimate of drug-likeness (QED) is 0.107. The number of carboxylic acid groups (broad SMARTS) is 1. The molecule has 0 aromatic carbocycles. The van der Waals surface area contributed by atoms with Gasteiger partial charge in [0.1, 0.15) is 6.04 Å². The van der Waals surface area contributed by atoms with E-state index in [1.807, 2.05) is 0 Å². The topological polar surface area (TPSA) is 194 Å². The molecule has 186 valence electrons. The Kier molecular flexibility index (Phi) is 12.9. The van der Waals surface area contributed by atoms with Gasteiger partial charge in [-0.05, 0) is 32.1 Å². The van der Waals surface area contributed by atoms with Gasteiger partial charge in [-0.15, -0.1) is 0 Å². The summed E-state index contributed by atoms with van der Waals surface area (Å²) in [6.07, 6.45) is 2.23. The van der Waals surface area contributed by atoms with Gasteiger partial charge in [-0.2, -0.15) is 0 Å². The number of unbranched alkanes of at least 4 members (excludes halogenated alkanes) is 2. The average molecular weight is 472 g/mol. The van der Waals surface area contributed by atoms with Crippen LogP contribution in [-0.4, -0.2) is 92.9 Å². The van der Waals surface area contributed by atoms with Crippen LogP contribution < -0.4 is 10.6 Å². The molecule has 0 radical (unpaired) electrons. The highest BCUT2D eigenvalue weighted by Crippen LogP contribution is 2.08. The molecule has 0 aromatic rings. The van der Waals surface area contributed by atoms with E-state index >= 15 is 0 Å². The van der Waals surface area contributed by atoms with Crippen LogP contribution in [0.2, 0.25) is 0 Å². The summed E-state index contributed by atoms with van der Waals surface area (Å²) in [7, 11) is 0. The number of carbonyl (C=O) groups is 5. The highest BCUT2D eigenvalue weighted by Gasteiger charge is 2.23. The van der Waals surface area contributed by atoms with Crippen LogP contribution in [-0.2, 0) is 24.0 Å². The van der Waals surface area contributed by atoms with E-state index in [-0.39, 0.29) is 57.0 Å². The van der Waals surface area contributed by atoms with Crippen LogP contribution in [0.1, 0.15) is 51.4 Å². The summed E-state index contributed by atoms with van der Waals surface area (Å²) in [4.78, 5) is 59.2. The van der Waals surface area contributed by atoms with Crippen LogP contribution in [0.15, 0.2) is 12.2 Å². The highest BCUT2D eigenvalue weighted by molar-refractivity contribution is 6.12. The number of amides is 4. The number of carbonyl (C=O) groups excluding carboxylic acids is 4. The molecule has 6 N–H and O–H groups in total. The van der Waals surface area contributed by atoms with Crippen LogP contribution in [0, 0.1) is 0 Å². The van der Waals surface area contributed by atoms with Gasteiger partial charge in [-0.25, -0.2) is 4.79 Å². The molecule has 4 amide bonds. The summed E-state index contributed by atoms with van der Waals surface area (Å²) in [5.41, 5.74) is 0. The summed E-state index contributed by atoms with van der Waals surface area (Å²) in [6.45, 7) is -0.235. The number of carboxylic acids is 1. The number of nitrogens with zero attached hydrogens (tertiary/aromatic N) is 1.